The Morgan fingerprint density at radius 3 is 2.48 bits per heavy atom. The number of furan rings is 2. The maximum Gasteiger partial charge on any atom is 0.230 e. The number of anilines is 1. The fourth-order valence-corrected chi connectivity index (χ4v) is 4.21. The summed E-state index contributed by atoms with van der Waals surface area (Å²) in [6.07, 6.45) is 1.74. The van der Waals surface area contributed by atoms with Gasteiger partial charge in [-0.1, -0.05) is 40.2 Å². The summed E-state index contributed by atoms with van der Waals surface area (Å²) < 4.78 is 12.5. The van der Waals surface area contributed by atoms with Gasteiger partial charge in [0.05, 0.1) is 18.4 Å². The van der Waals surface area contributed by atoms with E-state index in [1.54, 1.807) is 36.6 Å². The predicted molar refractivity (Wildman–Crippen MR) is 132 cm³/mol. The lowest BCUT2D eigenvalue weighted by Crippen LogP contribution is -2.16. The van der Waals surface area contributed by atoms with Gasteiger partial charge in [-0.05, 0) is 61.4 Å². The summed E-state index contributed by atoms with van der Waals surface area (Å²) in [6, 6.07) is 18.3. The molecule has 0 aliphatic rings. The highest BCUT2D eigenvalue weighted by molar-refractivity contribution is 9.10. The predicted octanol–water partition coefficient (Wildman–Crippen LogP) is 6.97. The van der Waals surface area contributed by atoms with Crippen LogP contribution in [0.1, 0.15) is 32.8 Å². The molecule has 0 fully saturated rings. The second-order valence-corrected chi connectivity index (χ2v) is 8.92. The van der Waals surface area contributed by atoms with Gasteiger partial charge in [0.2, 0.25) is 11.7 Å². The minimum atomic E-state index is -0.297. The number of fused-ring (bicyclic) bond motifs is 2. The number of amides is 1. The quantitative estimate of drug-likeness (QED) is 0.264. The van der Waals surface area contributed by atoms with Crippen LogP contribution in [-0.4, -0.2) is 11.7 Å². The Morgan fingerprint density at radius 1 is 0.939 bits per heavy atom. The lowest BCUT2D eigenvalue weighted by Gasteiger charge is -2.06. The fraction of sp³-hybridized carbons (Fsp3) is 0.111. The molecule has 33 heavy (non-hydrogen) atoms. The number of carbonyl (C=O) groups is 2. The number of carbonyl (C=O) groups excluding carboxylic acids is 2. The zero-order valence-corrected chi connectivity index (χ0v) is 19.7. The molecule has 1 N–H and O–H groups in total. The molecule has 5 nitrogen and oxygen atoms in total. The van der Waals surface area contributed by atoms with Crippen molar-refractivity contribution in [3.05, 3.63) is 99.4 Å². The van der Waals surface area contributed by atoms with Crippen LogP contribution in [0.5, 0.6) is 0 Å². The first-order chi connectivity index (χ1) is 15.9. The molecular formula is C27H20BrNO4. The average molecular weight is 502 g/mol. The van der Waals surface area contributed by atoms with Crippen molar-refractivity contribution in [2.45, 2.75) is 20.3 Å². The van der Waals surface area contributed by atoms with Crippen LogP contribution in [0.3, 0.4) is 0 Å². The highest BCUT2D eigenvalue weighted by Gasteiger charge is 2.24. The first-order valence-corrected chi connectivity index (χ1v) is 11.3. The topological polar surface area (TPSA) is 72.5 Å². The molecule has 0 spiro atoms. The minimum absolute atomic E-state index is 0.107. The second kappa shape index (κ2) is 8.37. The highest BCUT2D eigenvalue weighted by atomic mass is 79.9. The Kier molecular flexibility index (Phi) is 5.38. The van der Waals surface area contributed by atoms with Crippen LogP contribution in [0.2, 0.25) is 0 Å². The van der Waals surface area contributed by atoms with Gasteiger partial charge >= 0.3 is 0 Å². The first kappa shape index (κ1) is 21.2. The molecule has 0 atom stereocenters. The molecule has 3 aromatic carbocycles. The van der Waals surface area contributed by atoms with E-state index in [4.69, 9.17) is 8.83 Å². The van der Waals surface area contributed by atoms with Crippen molar-refractivity contribution in [2.75, 3.05) is 5.32 Å². The number of halogens is 1. The van der Waals surface area contributed by atoms with Crippen LogP contribution in [0.15, 0.2) is 80.2 Å². The van der Waals surface area contributed by atoms with Gasteiger partial charge in [-0.2, -0.15) is 0 Å². The van der Waals surface area contributed by atoms with Gasteiger partial charge in [0.25, 0.3) is 0 Å². The Hall–Kier alpha value is -3.64. The van der Waals surface area contributed by atoms with Gasteiger partial charge in [0.15, 0.2) is 5.76 Å². The fourth-order valence-electron chi connectivity index (χ4n) is 3.94. The normalized spacial score (nSPS) is 11.2. The van der Waals surface area contributed by atoms with Gasteiger partial charge < -0.3 is 14.2 Å². The Morgan fingerprint density at radius 2 is 1.70 bits per heavy atom. The van der Waals surface area contributed by atoms with Crippen molar-refractivity contribution in [3.63, 3.8) is 0 Å². The van der Waals surface area contributed by atoms with Crippen molar-refractivity contribution in [2.24, 2.45) is 0 Å². The van der Waals surface area contributed by atoms with Crippen LogP contribution >= 0.6 is 15.9 Å². The summed E-state index contributed by atoms with van der Waals surface area (Å²) in [5.74, 6) is -0.448. The van der Waals surface area contributed by atoms with E-state index in [0.29, 0.717) is 22.2 Å². The molecule has 2 heterocycles. The molecule has 0 aliphatic heterocycles. The van der Waals surface area contributed by atoms with Crippen LogP contribution in [0.4, 0.5) is 5.69 Å². The van der Waals surface area contributed by atoms with Crippen molar-refractivity contribution < 1.29 is 18.4 Å². The van der Waals surface area contributed by atoms with E-state index in [9.17, 15) is 9.59 Å². The monoisotopic (exact) mass is 501 g/mol. The molecule has 5 aromatic rings. The molecule has 1 amide bonds. The molecular weight excluding hydrogens is 482 g/mol. The van der Waals surface area contributed by atoms with Gasteiger partial charge in [-0.3, -0.25) is 9.59 Å². The van der Waals surface area contributed by atoms with Crippen LogP contribution in [0.25, 0.3) is 21.9 Å². The van der Waals surface area contributed by atoms with E-state index in [1.807, 2.05) is 44.2 Å². The number of nitrogens with one attached hydrogen (secondary N) is 1. The molecule has 2 aromatic heterocycles. The third kappa shape index (κ3) is 3.87. The van der Waals surface area contributed by atoms with Crippen LogP contribution < -0.4 is 5.32 Å². The summed E-state index contributed by atoms with van der Waals surface area (Å²) in [7, 11) is 0. The number of hydrogen-bond donors (Lipinski definition) is 1. The molecule has 0 saturated carbocycles. The largest absolute Gasteiger partial charge is 0.464 e. The van der Waals surface area contributed by atoms with Crippen molar-refractivity contribution in [1.29, 1.82) is 0 Å². The third-order valence-electron chi connectivity index (χ3n) is 5.87. The summed E-state index contributed by atoms with van der Waals surface area (Å²) in [5.41, 5.74) is 5.16. The Labute approximate surface area is 198 Å². The smallest absolute Gasteiger partial charge is 0.230 e. The van der Waals surface area contributed by atoms with Crippen molar-refractivity contribution in [3.8, 4) is 0 Å². The number of rotatable bonds is 5. The Balaban J connectivity index is 1.49. The minimum Gasteiger partial charge on any atom is -0.464 e. The molecule has 164 valence electrons. The highest BCUT2D eigenvalue weighted by Crippen LogP contribution is 2.33. The van der Waals surface area contributed by atoms with E-state index in [-0.39, 0.29) is 23.9 Å². The average Bonchev–Trinajstić information content (AvgIpc) is 3.38. The summed E-state index contributed by atoms with van der Waals surface area (Å²) in [4.78, 5) is 26.3. The molecule has 0 radical (unpaired) electrons. The third-order valence-corrected chi connectivity index (χ3v) is 6.39. The standard InChI is InChI=1S/C27H20BrNO4/c1-15-7-12-20-18(14-32-26(20)16(15)2)13-23(30)29-24-21-5-3-4-6-22(21)33-27(24)25(31)17-8-10-19(28)11-9-17/h3-12,14H,13H2,1-2H3,(H,29,30). The second-order valence-electron chi connectivity index (χ2n) is 8.01. The SMILES string of the molecule is Cc1ccc2c(CC(=O)Nc3c(C(=O)c4ccc(Br)cc4)oc4ccccc34)coc2c1C. The molecule has 0 saturated heterocycles. The van der Waals surface area contributed by atoms with Gasteiger partial charge in [0, 0.05) is 26.4 Å². The number of benzene rings is 3. The summed E-state index contributed by atoms with van der Waals surface area (Å²) in [6.45, 7) is 4.03. The number of aryl methyl sites for hydroxylation is 2. The van der Waals surface area contributed by atoms with Gasteiger partial charge in [0.1, 0.15) is 11.2 Å². The summed E-state index contributed by atoms with van der Waals surface area (Å²) in [5, 5.41) is 4.51. The zero-order chi connectivity index (χ0) is 23.1. The van der Waals surface area contributed by atoms with Crippen LogP contribution in [0, 0.1) is 13.8 Å². The van der Waals surface area contributed by atoms with E-state index in [0.717, 1.165) is 32.1 Å². The number of para-hydroxylation sites is 1. The molecule has 6 heteroatoms. The summed E-state index contributed by atoms with van der Waals surface area (Å²) >= 11 is 3.38. The van der Waals surface area contributed by atoms with E-state index < -0.39 is 0 Å². The molecule has 0 aliphatic carbocycles. The van der Waals surface area contributed by atoms with E-state index >= 15 is 0 Å². The van der Waals surface area contributed by atoms with Crippen molar-refractivity contribution >= 4 is 55.2 Å². The molecule has 5 rings (SSSR count). The van der Waals surface area contributed by atoms with Gasteiger partial charge in [-0.25, -0.2) is 0 Å². The first-order valence-electron chi connectivity index (χ1n) is 10.5. The zero-order valence-electron chi connectivity index (χ0n) is 18.1. The maximum absolute atomic E-state index is 13.2. The van der Waals surface area contributed by atoms with E-state index in [1.165, 1.54) is 0 Å². The molecule has 0 unspecified atom stereocenters. The number of hydrogen-bond acceptors (Lipinski definition) is 4. The number of ketones is 1. The van der Waals surface area contributed by atoms with Crippen molar-refractivity contribution in [1.82, 2.24) is 0 Å². The molecule has 0 bridgehead atoms. The van der Waals surface area contributed by atoms with Gasteiger partial charge in [-0.15, -0.1) is 0 Å². The van der Waals surface area contributed by atoms with E-state index in [2.05, 4.69) is 21.2 Å². The lowest BCUT2D eigenvalue weighted by molar-refractivity contribution is -0.115. The maximum atomic E-state index is 13.2. The van der Waals surface area contributed by atoms with Crippen LogP contribution in [-0.2, 0) is 11.2 Å². The lowest BCUT2D eigenvalue weighted by atomic mass is 10.0. The Bertz CT molecular complexity index is 1530.